The zero-order valence-corrected chi connectivity index (χ0v) is 20.2. The zero-order chi connectivity index (χ0) is 25.1. The maximum Gasteiger partial charge on any atom is 0.237 e. The maximum atomic E-state index is 5.19. The van der Waals surface area contributed by atoms with Crippen LogP contribution in [0.25, 0.3) is 67.2 Å². The van der Waals surface area contributed by atoms with Crippen LogP contribution >= 0.6 is 0 Å². The highest BCUT2D eigenvalue weighted by Gasteiger charge is 2.22. The second kappa shape index (κ2) is 8.08. The predicted octanol–water partition coefficient (Wildman–Crippen LogP) is 7.10. The molecule has 0 atom stereocenters. The van der Waals surface area contributed by atoms with Gasteiger partial charge in [-0.2, -0.15) is 0 Å². The summed E-state index contributed by atoms with van der Waals surface area (Å²) in [5.74, 6) is 1.34. The van der Waals surface area contributed by atoms with Crippen LogP contribution in [0.15, 0.2) is 121 Å². The minimum absolute atomic E-state index is 0.563. The summed E-state index contributed by atoms with van der Waals surface area (Å²) < 4.78 is 4.17. The van der Waals surface area contributed by atoms with Gasteiger partial charge in [0.05, 0.1) is 22.2 Å². The molecule has 0 N–H and O–H groups in total. The average molecular weight is 489 g/mol. The van der Waals surface area contributed by atoms with Crippen LogP contribution in [0, 0.1) is 0 Å². The molecule has 4 aromatic carbocycles. The van der Waals surface area contributed by atoms with Gasteiger partial charge in [-0.05, 0) is 30.3 Å². The molecule has 0 aliphatic heterocycles. The summed E-state index contributed by atoms with van der Waals surface area (Å²) >= 11 is 0. The normalized spacial score (nSPS) is 11.7. The number of pyridine rings is 1. The quantitative estimate of drug-likeness (QED) is 0.266. The highest BCUT2D eigenvalue weighted by Crippen LogP contribution is 2.34. The summed E-state index contributed by atoms with van der Waals surface area (Å²) in [5.41, 5.74) is 8.27. The molecule has 0 bridgehead atoms. The third kappa shape index (κ3) is 3.07. The van der Waals surface area contributed by atoms with Crippen molar-refractivity contribution in [1.29, 1.82) is 0 Å². The Balaban J connectivity index is 1.54. The van der Waals surface area contributed by atoms with Gasteiger partial charge >= 0.3 is 0 Å². The van der Waals surface area contributed by atoms with E-state index in [-0.39, 0.29) is 0 Å². The fourth-order valence-electron chi connectivity index (χ4n) is 5.24. The molecule has 178 valence electrons. The number of hydrogen-bond donors (Lipinski definition) is 0. The van der Waals surface area contributed by atoms with E-state index in [1.54, 1.807) is 0 Å². The highest BCUT2D eigenvalue weighted by molar-refractivity contribution is 6.04. The number of fused-ring (bicyclic) bond motifs is 6. The number of para-hydroxylation sites is 1. The fourth-order valence-corrected chi connectivity index (χ4v) is 5.24. The molecule has 6 heteroatoms. The van der Waals surface area contributed by atoms with Crippen LogP contribution < -0.4 is 0 Å². The van der Waals surface area contributed by atoms with Crippen LogP contribution in [0.2, 0.25) is 0 Å². The summed E-state index contributed by atoms with van der Waals surface area (Å²) in [6.07, 6.45) is 2.04. The van der Waals surface area contributed by atoms with Gasteiger partial charge in [-0.1, -0.05) is 84.9 Å². The van der Waals surface area contributed by atoms with Gasteiger partial charge in [0.2, 0.25) is 5.95 Å². The van der Waals surface area contributed by atoms with E-state index in [2.05, 4.69) is 51.4 Å². The average Bonchev–Trinajstić information content (AvgIpc) is 3.56. The van der Waals surface area contributed by atoms with Crippen molar-refractivity contribution >= 4 is 38.6 Å². The number of rotatable bonds is 3. The number of aromatic nitrogens is 6. The Bertz CT molecular complexity index is 2120. The first-order valence-corrected chi connectivity index (χ1v) is 12.5. The van der Waals surface area contributed by atoms with Gasteiger partial charge in [-0.25, -0.2) is 19.9 Å². The lowest BCUT2D eigenvalue weighted by molar-refractivity contribution is 0.978. The topological polar surface area (TPSA) is 60.9 Å². The standard InChI is InChI=1S/C32H20N6/c1-3-11-21(12-4-1)28-23-15-7-8-16-24(23)34-32(36-28)38-30-25(33-31(38)22-13-5-2-6-14-22)18-19-26-29(30)35-27-17-9-10-20-37(26)27/h1-20H. The Kier molecular flexibility index (Phi) is 4.42. The van der Waals surface area contributed by atoms with E-state index < -0.39 is 0 Å². The molecule has 0 aliphatic rings. The number of hydrogen-bond acceptors (Lipinski definition) is 4. The maximum absolute atomic E-state index is 5.19. The molecule has 6 nitrogen and oxygen atoms in total. The molecule has 0 unspecified atom stereocenters. The molecule has 8 rings (SSSR count). The van der Waals surface area contributed by atoms with Gasteiger partial charge < -0.3 is 0 Å². The largest absolute Gasteiger partial charge is 0.300 e. The molecule has 0 amide bonds. The van der Waals surface area contributed by atoms with Crippen molar-refractivity contribution in [3.05, 3.63) is 121 Å². The molecular weight excluding hydrogens is 468 g/mol. The van der Waals surface area contributed by atoms with Crippen molar-refractivity contribution in [2.45, 2.75) is 0 Å². The molecule has 0 aliphatic carbocycles. The van der Waals surface area contributed by atoms with Crippen molar-refractivity contribution < 1.29 is 0 Å². The third-order valence-electron chi connectivity index (χ3n) is 6.97. The van der Waals surface area contributed by atoms with Crippen molar-refractivity contribution in [3.63, 3.8) is 0 Å². The molecule has 38 heavy (non-hydrogen) atoms. The summed E-state index contributed by atoms with van der Waals surface area (Å²) in [7, 11) is 0. The van der Waals surface area contributed by atoms with E-state index >= 15 is 0 Å². The SMILES string of the molecule is c1ccc(-c2nc(-n3c(-c4ccccc4)nc4ccc5c(nc6ccccn65)c43)nc3ccccc23)cc1. The molecule has 4 heterocycles. The Labute approximate surface area is 217 Å². The molecule has 4 aromatic heterocycles. The lowest BCUT2D eigenvalue weighted by atomic mass is 10.1. The van der Waals surface area contributed by atoms with Crippen LogP contribution in [-0.2, 0) is 0 Å². The second-order valence-corrected chi connectivity index (χ2v) is 9.23. The van der Waals surface area contributed by atoms with Gasteiger partial charge in [-0.15, -0.1) is 0 Å². The number of imidazole rings is 2. The summed E-state index contributed by atoms with van der Waals surface area (Å²) in [5, 5.41) is 1.01. The molecular formula is C32H20N6. The minimum atomic E-state index is 0.563. The van der Waals surface area contributed by atoms with Gasteiger partial charge in [0, 0.05) is 22.7 Å². The highest BCUT2D eigenvalue weighted by atomic mass is 15.2. The smallest absolute Gasteiger partial charge is 0.237 e. The Morgan fingerprint density at radius 2 is 1.26 bits per heavy atom. The summed E-state index contributed by atoms with van der Waals surface area (Å²) in [6.45, 7) is 0. The predicted molar refractivity (Wildman–Crippen MR) is 151 cm³/mol. The first kappa shape index (κ1) is 20.8. The Morgan fingerprint density at radius 3 is 2.11 bits per heavy atom. The summed E-state index contributed by atoms with van der Waals surface area (Å²) in [6, 6.07) is 38.8. The minimum Gasteiger partial charge on any atom is -0.300 e. The van der Waals surface area contributed by atoms with E-state index in [1.165, 1.54) is 0 Å². The van der Waals surface area contributed by atoms with Crippen LogP contribution in [-0.4, -0.2) is 28.9 Å². The van der Waals surface area contributed by atoms with Crippen molar-refractivity contribution in [3.8, 4) is 28.6 Å². The molecule has 8 aromatic rings. The van der Waals surface area contributed by atoms with Crippen LogP contribution in [0.3, 0.4) is 0 Å². The first-order valence-electron chi connectivity index (χ1n) is 12.5. The first-order chi connectivity index (χ1) is 18.8. The Morgan fingerprint density at radius 1 is 0.526 bits per heavy atom. The summed E-state index contributed by atoms with van der Waals surface area (Å²) in [4.78, 5) is 20.4. The molecule has 0 fully saturated rings. The van der Waals surface area contributed by atoms with Gasteiger partial charge in [-0.3, -0.25) is 8.97 Å². The zero-order valence-electron chi connectivity index (χ0n) is 20.2. The van der Waals surface area contributed by atoms with Crippen LogP contribution in [0.4, 0.5) is 0 Å². The lowest BCUT2D eigenvalue weighted by Crippen LogP contribution is -2.05. The van der Waals surface area contributed by atoms with Crippen LogP contribution in [0.1, 0.15) is 0 Å². The van der Waals surface area contributed by atoms with Crippen LogP contribution in [0.5, 0.6) is 0 Å². The van der Waals surface area contributed by atoms with E-state index in [0.717, 1.165) is 61.3 Å². The lowest BCUT2D eigenvalue weighted by Gasteiger charge is -2.12. The molecule has 0 saturated heterocycles. The number of nitrogens with zero attached hydrogens (tertiary/aromatic N) is 6. The van der Waals surface area contributed by atoms with E-state index in [9.17, 15) is 0 Å². The number of benzene rings is 4. The van der Waals surface area contributed by atoms with Crippen molar-refractivity contribution in [1.82, 2.24) is 28.9 Å². The van der Waals surface area contributed by atoms with E-state index in [1.807, 2.05) is 79.0 Å². The van der Waals surface area contributed by atoms with Crippen molar-refractivity contribution in [2.24, 2.45) is 0 Å². The van der Waals surface area contributed by atoms with Crippen molar-refractivity contribution in [2.75, 3.05) is 0 Å². The van der Waals surface area contributed by atoms with E-state index in [0.29, 0.717) is 5.95 Å². The Hall–Kier alpha value is -5.36. The second-order valence-electron chi connectivity index (χ2n) is 9.23. The van der Waals surface area contributed by atoms with Gasteiger partial charge in [0.1, 0.15) is 22.5 Å². The fraction of sp³-hybridized carbons (Fsp3) is 0. The third-order valence-corrected chi connectivity index (χ3v) is 6.97. The molecule has 0 radical (unpaired) electrons. The van der Waals surface area contributed by atoms with Gasteiger partial charge in [0.15, 0.2) is 0 Å². The molecule has 0 saturated carbocycles. The van der Waals surface area contributed by atoms with E-state index in [4.69, 9.17) is 19.9 Å². The monoisotopic (exact) mass is 488 g/mol. The van der Waals surface area contributed by atoms with Gasteiger partial charge in [0.25, 0.3) is 0 Å². The molecule has 0 spiro atoms.